The van der Waals surface area contributed by atoms with Crippen LogP contribution in [0.25, 0.3) is 0 Å². The van der Waals surface area contributed by atoms with Gasteiger partial charge in [0, 0.05) is 11.1 Å². The highest BCUT2D eigenvalue weighted by atomic mass is 19.1. The van der Waals surface area contributed by atoms with Crippen LogP contribution in [0.4, 0.5) is 4.39 Å². The molecular weight excluding hydrogens is 273 g/mol. The number of carbonyl (C=O) groups excluding carboxylic acids is 2. The van der Waals surface area contributed by atoms with Crippen molar-refractivity contribution in [3.8, 4) is 0 Å². The van der Waals surface area contributed by atoms with Crippen molar-refractivity contribution in [2.75, 3.05) is 6.61 Å². The first-order valence-corrected chi connectivity index (χ1v) is 6.45. The molecule has 0 aliphatic rings. The summed E-state index contributed by atoms with van der Waals surface area (Å²) in [7, 11) is 0. The second-order valence-corrected chi connectivity index (χ2v) is 4.25. The van der Waals surface area contributed by atoms with Gasteiger partial charge in [0.1, 0.15) is 5.82 Å². The number of carbonyl (C=O) groups is 2. The van der Waals surface area contributed by atoms with Gasteiger partial charge in [-0.2, -0.15) is 0 Å². The Labute approximate surface area is 121 Å². The molecule has 0 aliphatic carbocycles. The number of halogens is 1. The number of hydroxylamine groups is 1. The molecule has 0 spiro atoms. The molecule has 0 saturated carbocycles. The van der Waals surface area contributed by atoms with Crippen molar-refractivity contribution in [1.29, 1.82) is 0 Å². The van der Waals surface area contributed by atoms with Crippen LogP contribution in [0.5, 0.6) is 0 Å². The third-order valence-corrected chi connectivity index (χ3v) is 2.83. The standard InChI is InChI=1S/C16H14FNO3/c1-2-21-18-16(20)14-6-4-3-5-13(14)15(19)11-7-9-12(17)10-8-11/h3-10H,2H2,1H3,(H,18,20). The molecule has 0 unspecified atom stereocenters. The van der Waals surface area contributed by atoms with E-state index in [1.165, 1.54) is 30.3 Å². The third kappa shape index (κ3) is 3.52. The lowest BCUT2D eigenvalue weighted by molar-refractivity contribution is 0.0363. The predicted molar refractivity (Wildman–Crippen MR) is 75.4 cm³/mol. The van der Waals surface area contributed by atoms with Gasteiger partial charge in [-0.05, 0) is 37.3 Å². The van der Waals surface area contributed by atoms with Crippen molar-refractivity contribution in [2.45, 2.75) is 6.92 Å². The third-order valence-electron chi connectivity index (χ3n) is 2.83. The summed E-state index contributed by atoms with van der Waals surface area (Å²) in [6, 6.07) is 11.6. The predicted octanol–water partition coefficient (Wildman–Crippen LogP) is 2.74. The molecule has 2 aromatic rings. The summed E-state index contributed by atoms with van der Waals surface area (Å²) in [4.78, 5) is 29.2. The number of nitrogens with one attached hydrogen (secondary N) is 1. The number of benzene rings is 2. The van der Waals surface area contributed by atoms with E-state index in [1.54, 1.807) is 25.1 Å². The number of hydrogen-bond donors (Lipinski definition) is 1. The molecule has 5 heteroatoms. The van der Waals surface area contributed by atoms with Crippen LogP contribution in [0.2, 0.25) is 0 Å². The molecule has 1 N–H and O–H groups in total. The smallest absolute Gasteiger partial charge is 0.275 e. The minimum atomic E-state index is -0.497. The largest absolute Gasteiger partial charge is 0.289 e. The van der Waals surface area contributed by atoms with E-state index in [0.717, 1.165) is 0 Å². The quantitative estimate of drug-likeness (QED) is 0.679. The molecule has 0 aromatic heterocycles. The molecule has 0 bridgehead atoms. The van der Waals surface area contributed by atoms with Gasteiger partial charge >= 0.3 is 0 Å². The first-order chi connectivity index (χ1) is 10.1. The van der Waals surface area contributed by atoms with Gasteiger partial charge in [0.15, 0.2) is 5.78 Å². The maximum atomic E-state index is 12.9. The fourth-order valence-electron chi connectivity index (χ4n) is 1.83. The van der Waals surface area contributed by atoms with E-state index in [-0.39, 0.29) is 16.9 Å². The summed E-state index contributed by atoms with van der Waals surface area (Å²) in [5.41, 5.74) is 3.01. The zero-order valence-corrected chi connectivity index (χ0v) is 11.4. The fourth-order valence-corrected chi connectivity index (χ4v) is 1.83. The summed E-state index contributed by atoms with van der Waals surface area (Å²) in [5, 5.41) is 0. The molecule has 2 aromatic carbocycles. The van der Waals surface area contributed by atoms with Crippen molar-refractivity contribution < 1.29 is 18.8 Å². The van der Waals surface area contributed by atoms with Crippen molar-refractivity contribution in [2.24, 2.45) is 0 Å². The highest BCUT2D eigenvalue weighted by Crippen LogP contribution is 2.15. The summed E-state index contributed by atoms with van der Waals surface area (Å²) >= 11 is 0. The zero-order valence-electron chi connectivity index (χ0n) is 11.4. The van der Waals surface area contributed by atoms with Crippen LogP contribution in [0.15, 0.2) is 48.5 Å². The van der Waals surface area contributed by atoms with Gasteiger partial charge < -0.3 is 0 Å². The van der Waals surface area contributed by atoms with Gasteiger partial charge in [0.2, 0.25) is 0 Å². The Bertz CT molecular complexity index is 653. The van der Waals surface area contributed by atoms with Gasteiger partial charge in [-0.1, -0.05) is 18.2 Å². The average molecular weight is 287 g/mol. The fraction of sp³-hybridized carbons (Fsp3) is 0.125. The van der Waals surface area contributed by atoms with E-state index in [9.17, 15) is 14.0 Å². The molecular formula is C16H14FNO3. The lowest BCUT2D eigenvalue weighted by atomic mass is 9.98. The van der Waals surface area contributed by atoms with E-state index >= 15 is 0 Å². The van der Waals surface area contributed by atoms with Crippen molar-refractivity contribution in [3.63, 3.8) is 0 Å². The number of hydrogen-bond acceptors (Lipinski definition) is 3. The monoisotopic (exact) mass is 287 g/mol. The van der Waals surface area contributed by atoms with Gasteiger partial charge in [-0.25, -0.2) is 9.87 Å². The first-order valence-electron chi connectivity index (χ1n) is 6.45. The Morgan fingerprint density at radius 2 is 1.67 bits per heavy atom. The zero-order chi connectivity index (χ0) is 15.2. The molecule has 0 heterocycles. The van der Waals surface area contributed by atoms with Gasteiger partial charge in [-0.3, -0.25) is 14.4 Å². The number of amides is 1. The lowest BCUT2D eigenvalue weighted by Crippen LogP contribution is -2.25. The summed E-state index contributed by atoms with van der Waals surface area (Å²) in [5.74, 6) is -1.27. The van der Waals surface area contributed by atoms with Crippen LogP contribution in [-0.4, -0.2) is 18.3 Å². The minimum Gasteiger partial charge on any atom is -0.289 e. The van der Waals surface area contributed by atoms with E-state index < -0.39 is 11.7 Å². The van der Waals surface area contributed by atoms with E-state index in [1.807, 2.05) is 0 Å². The highest BCUT2D eigenvalue weighted by Gasteiger charge is 2.18. The first kappa shape index (κ1) is 14.9. The lowest BCUT2D eigenvalue weighted by Gasteiger charge is -2.09. The molecule has 21 heavy (non-hydrogen) atoms. The second-order valence-electron chi connectivity index (χ2n) is 4.25. The van der Waals surface area contributed by atoms with Crippen LogP contribution in [0.1, 0.15) is 33.2 Å². The molecule has 2 rings (SSSR count). The Morgan fingerprint density at radius 3 is 2.29 bits per heavy atom. The molecule has 108 valence electrons. The van der Waals surface area contributed by atoms with Gasteiger partial charge in [-0.15, -0.1) is 0 Å². The van der Waals surface area contributed by atoms with Crippen LogP contribution >= 0.6 is 0 Å². The molecule has 0 fully saturated rings. The molecule has 4 nitrogen and oxygen atoms in total. The van der Waals surface area contributed by atoms with E-state index in [0.29, 0.717) is 12.2 Å². The Hall–Kier alpha value is -2.53. The number of ketones is 1. The Kier molecular flexibility index (Phi) is 4.79. The van der Waals surface area contributed by atoms with Crippen LogP contribution in [0, 0.1) is 5.82 Å². The molecule has 0 radical (unpaired) electrons. The number of rotatable bonds is 5. The topological polar surface area (TPSA) is 55.4 Å². The van der Waals surface area contributed by atoms with Crippen molar-refractivity contribution in [3.05, 3.63) is 71.0 Å². The highest BCUT2D eigenvalue weighted by molar-refractivity contribution is 6.15. The molecule has 0 atom stereocenters. The van der Waals surface area contributed by atoms with Crippen LogP contribution < -0.4 is 5.48 Å². The van der Waals surface area contributed by atoms with E-state index in [4.69, 9.17) is 4.84 Å². The van der Waals surface area contributed by atoms with Crippen LogP contribution in [-0.2, 0) is 4.84 Å². The Balaban J connectivity index is 2.33. The van der Waals surface area contributed by atoms with Gasteiger partial charge in [0.25, 0.3) is 5.91 Å². The molecule has 0 aliphatic heterocycles. The maximum Gasteiger partial charge on any atom is 0.275 e. The summed E-state index contributed by atoms with van der Waals surface area (Å²) < 4.78 is 12.9. The summed E-state index contributed by atoms with van der Waals surface area (Å²) in [6.45, 7) is 2.05. The molecule has 1 amide bonds. The van der Waals surface area contributed by atoms with Crippen molar-refractivity contribution in [1.82, 2.24) is 5.48 Å². The molecule has 0 saturated heterocycles. The summed E-state index contributed by atoms with van der Waals surface area (Å²) in [6.07, 6.45) is 0. The van der Waals surface area contributed by atoms with Crippen molar-refractivity contribution >= 4 is 11.7 Å². The van der Waals surface area contributed by atoms with Gasteiger partial charge in [0.05, 0.1) is 12.2 Å². The second kappa shape index (κ2) is 6.76. The van der Waals surface area contributed by atoms with E-state index in [2.05, 4.69) is 5.48 Å². The van der Waals surface area contributed by atoms with Crippen LogP contribution in [0.3, 0.4) is 0 Å². The Morgan fingerprint density at radius 1 is 1.05 bits per heavy atom. The normalized spacial score (nSPS) is 10.2. The average Bonchev–Trinajstić information content (AvgIpc) is 2.52. The SMILES string of the molecule is CCONC(=O)c1ccccc1C(=O)c1ccc(F)cc1. The minimum absolute atomic E-state index is 0.209. The maximum absolute atomic E-state index is 12.9.